The Hall–Kier alpha value is -3.92. The fraction of sp³-hybridized carbons (Fsp3) is 0.452. The molecule has 2 aromatic carbocycles. The number of carbonyl (C=O) groups excluding carboxylic acids is 2. The Morgan fingerprint density at radius 2 is 1.88 bits per heavy atom. The molecule has 1 aliphatic carbocycles. The van der Waals surface area contributed by atoms with Crippen LogP contribution in [0.3, 0.4) is 0 Å². The van der Waals surface area contributed by atoms with E-state index >= 15 is 0 Å². The molecule has 0 spiro atoms. The molecule has 2 N–H and O–H groups in total. The number of aromatic nitrogens is 2. The molecule has 3 aromatic rings. The predicted octanol–water partition coefficient (Wildman–Crippen LogP) is 4.80. The minimum absolute atomic E-state index is 0.0644. The zero-order valence-corrected chi connectivity index (χ0v) is 23.4. The Morgan fingerprint density at radius 1 is 1.10 bits per heavy atom. The number of para-hydroxylation sites is 1. The summed E-state index contributed by atoms with van der Waals surface area (Å²) in [5.74, 6) is -0.345. The summed E-state index contributed by atoms with van der Waals surface area (Å²) in [7, 11) is 0. The van der Waals surface area contributed by atoms with Gasteiger partial charge in [-0.2, -0.15) is 0 Å². The van der Waals surface area contributed by atoms with Crippen molar-refractivity contribution in [1.82, 2.24) is 25.1 Å². The Balaban J connectivity index is 1.41. The molecule has 5 rings (SSSR count). The highest BCUT2D eigenvalue weighted by atomic mass is 19.1. The van der Waals surface area contributed by atoms with Crippen LogP contribution in [0.4, 0.5) is 9.18 Å². The minimum atomic E-state index is -0.427. The first-order chi connectivity index (χ1) is 20.1. The van der Waals surface area contributed by atoms with Gasteiger partial charge in [0.15, 0.2) is 17.3 Å². The minimum Gasteiger partial charge on any atom is -0.490 e. The van der Waals surface area contributed by atoms with Crippen molar-refractivity contribution in [3.63, 3.8) is 0 Å². The number of nitrogens with one attached hydrogen (secondary N) is 2. The van der Waals surface area contributed by atoms with E-state index in [4.69, 9.17) is 14.5 Å². The third-order valence-electron chi connectivity index (χ3n) is 7.87. The summed E-state index contributed by atoms with van der Waals surface area (Å²) in [6, 6.07) is 15.8. The van der Waals surface area contributed by atoms with Gasteiger partial charge in [-0.3, -0.25) is 4.79 Å². The number of nitrogens with zero attached hydrogens (tertiary/aromatic N) is 3. The molecule has 9 nitrogen and oxygen atoms in total. The number of hydrogen-bond donors (Lipinski definition) is 2. The van der Waals surface area contributed by atoms with Crippen LogP contribution >= 0.6 is 0 Å². The lowest BCUT2D eigenvalue weighted by atomic mass is 9.89. The standard InChI is InChI=1S/C31H38FN5O4/c1-2-40-31(39)35-25-13-7-8-14-26(25)37-21-34-28(29(37)22-10-4-3-5-11-22)30(38)36-18-17-33-20-23(36)16-19-41-27-15-9-6-12-24(27)32/h3-6,9-12,15,21,23,25-26,33H,2,7-8,13-14,16-20H2,1H3,(H,35,39)/t23-,25+,26+/m1/s1. The van der Waals surface area contributed by atoms with Gasteiger partial charge in [0.05, 0.1) is 37.3 Å². The molecule has 2 aliphatic rings. The maximum atomic E-state index is 14.2. The van der Waals surface area contributed by atoms with Crippen LogP contribution in [0.5, 0.6) is 5.75 Å². The summed E-state index contributed by atoms with van der Waals surface area (Å²) in [6.45, 7) is 4.18. The first kappa shape index (κ1) is 28.6. The zero-order chi connectivity index (χ0) is 28.6. The number of imidazole rings is 1. The fourth-order valence-corrected chi connectivity index (χ4v) is 5.88. The number of rotatable bonds is 9. The number of alkyl carbamates (subject to hydrolysis) is 1. The molecule has 1 saturated heterocycles. The molecule has 1 aliphatic heterocycles. The van der Waals surface area contributed by atoms with E-state index in [1.165, 1.54) is 6.07 Å². The van der Waals surface area contributed by atoms with Gasteiger partial charge in [0.25, 0.3) is 5.91 Å². The Bertz CT molecular complexity index is 1320. The Kier molecular flexibility index (Phi) is 9.51. The van der Waals surface area contributed by atoms with E-state index in [0.717, 1.165) is 36.9 Å². The molecule has 3 atom stereocenters. The number of ether oxygens (including phenoxy) is 2. The van der Waals surface area contributed by atoms with Gasteiger partial charge in [0.2, 0.25) is 0 Å². The smallest absolute Gasteiger partial charge is 0.407 e. The lowest BCUT2D eigenvalue weighted by Crippen LogP contribution is -2.54. The topological polar surface area (TPSA) is 97.7 Å². The molecule has 0 radical (unpaired) electrons. The van der Waals surface area contributed by atoms with Crippen LogP contribution in [0.15, 0.2) is 60.9 Å². The van der Waals surface area contributed by atoms with Crippen LogP contribution in [0.1, 0.15) is 55.6 Å². The van der Waals surface area contributed by atoms with Crippen molar-refractivity contribution in [2.24, 2.45) is 0 Å². The van der Waals surface area contributed by atoms with Crippen LogP contribution in [0.25, 0.3) is 11.3 Å². The van der Waals surface area contributed by atoms with Gasteiger partial charge in [0.1, 0.15) is 0 Å². The van der Waals surface area contributed by atoms with Crippen molar-refractivity contribution < 1.29 is 23.5 Å². The van der Waals surface area contributed by atoms with E-state index in [2.05, 4.69) is 15.2 Å². The molecule has 2 heterocycles. The Labute approximate surface area is 240 Å². The maximum absolute atomic E-state index is 14.2. The van der Waals surface area contributed by atoms with Crippen LogP contribution in [0, 0.1) is 5.82 Å². The highest BCUT2D eigenvalue weighted by molar-refractivity contribution is 5.98. The van der Waals surface area contributed by atoms with Crippen LogP contribution in [0.2, 0.25) is 0 Å². The number of hydrogen-bond acceptors (Lipinski definition) is 6. The quantitative estimate of drug-likeness (QED) is 0.388. The van der Waals surface area contributed by atoms with E-state index in [1.807, 2.05) is 35.2 Å². The summed E-state index contributed by atoms with van der Waals surface area (Å²) in [5.41, 5.74) is 2.03. The van der Waals surface area contributed by atoms with E-state index in [1.54, 1.807) is 31.5 Å². The Morgan fingerprint density at radius 3 is 2.68 bits per heavy atom. The van der Waals surface area contributed by atoms with Gasteiger partial charge in [-0.05, 0) is 31.9 Å². The number of benzene rings is 2. The fourth-order valence-electron chi connectivity index (χ4n) is 5.88. The summed E-state index contributed by atoms with van der Waals surface area (Å²) in [5, 5.41) is 6.41. The van der Waals surface area contributed by atoms with Crippen molar-refractivity contribution in [3.8, 4) is 17.0 Å². The average Bonchev–Trinajstić information content (AvgIpc) is 3.44. The molecule has 1 aromatic heterocycles. The van der Waals surface area contributed by atoms with Crippen LogP contribution in [-0.2, 0) is 4.74 Å². The molecule has 41 heavy (non-hydrogen) atoms. The van der Waals surface area contributed by atoms with Crippen molar-refractivity contribution >= 4 is 12.0 Å². The molecule has 0 bridgehead atoms. The number of piperazine rings is 1. The lowest BCUT2D eigenvalue weighted by molar-refractivity contribution is 0.0600. The lowest BCUT2D eigenvalue weighted by Gasteiger charge is -2.36. The van der Waals surface area contributed by atoms with Crippen molar-refractivity contribution in [1.29, 1.82) is 0 Å². The number of halogens is 1. The van der Waals surface area contributed by atoms with E-state index in [-0.39, 0.29) is 36.4 Å². The summed E-state index contributed by atoms with van der Waals surface area (Å²) < 4.78 is 27.0. The summed E-state index contributed by atoms with van der Waals surface area (Å²) in [4.78, 5) is 33.1. The van der Waals surface area contributed by atoms with E-state index in [0.29, 0.717) is 38.4 Å². The van der Waals surface area contributed by atoms with Gasteiger partial charge in [-0.1, -0.05) is 55.3 Å². The zero-order valence-electron chi connectivity index (χ0n) is 23.4. The highest BCUT2D eigenvalue weighted by Gasteiger charge is 2.35. The van der Waals surface area contributed by atoms with Gasteiger partial charge in [0, 0.05) is 37.7 Å². The second-order valence-corrected chi connectivity index (χ2v) is 10.5. The number of carbonyl (C=O) groups is 2. The molecular formula is C31H38FN5O4. The SMILES string of the molecule is CCOC(=O)N[C@H]1CCCC[C@@H]1n1cnc(C(=O)N2CCNC[C@H]2CCOc2ccccc2F)c1-c1ccccc1. The highest BCUT2D eigenvalue weighted by Crippen LogP contribution is 2.35. The summed E-state index contributed by atoms with van der Waals surface area (Å²) in [6.07, 6.45) is 5.55. The van der Waals surface area contributed by atoms with Crippen LogP contribution < -0.4 is 15.4 Å². The summed E-state index contributed by atoms with van der Waals surface area (Å²) >= 11 is 0. The molecule has 10 heteroatoms. The molecule has 0 unspecified atom stereocenters. The molecule has 1 saturated carbocycles. The van der Waals surface area contributed by atoms with Crippen molar-refractivity contribution in [2.75, 3.05) is 32.8 Å². The van der Waals surface area contributed by atoms with Crippen molar-refractivity contribution in [3.05, 3.63) is 72.4 Å². The first-order valence-electron chi connectivity index (χ1n) is 14.5. The normalized spacial score (nSPS) is 20.8. The third-order valence-corrected chi connectivity index (χ3v) is 7.87. The maximum Gasteiger partial charge on any atom is 0.407 e. The molecular weight excluding hydrogens is 525 g/mol. The largest absolute Gasteiger partial charge is 0.490 e. The van der Waals surface area contributed by atoms with E-state index in [9.17, 15) is 14.0 Å². The van der Waals surface area contributed by atoms with E-state index < -0.39 is 11.9 Å². The van der Waals surface area contributed by atoms with Crippen molar-refractivity contribution in [2.45, 2.75) is 57.2 Å². The van der Waals surface area contributed by atoms with Gasteiger partial charge in [-0.25, -0.2) is 14.2 Å². The number of amides is 2. The molecule has 218 valence electrons. The van der Waals surface area contributed by atoms with Gasteiger partial charge >= 0.3 is 6.09 Å². The van der Waals surface area contributed by atoms with Gasteiger partial charge in [-0.15, -0.1) is 0 Å². The van der Waals surface area contributed by atoms with Gasteiger partial charge < -0.3 is 29.6 Å². The second-order valence-electron chi connectivity index (χ2n) is 10.5. The first-order valence-corrected chi connectivity index (χ1v) is 14.5. The second kappa shape index (κ2) is 13.6. The monoisotopic (exact) mass is 563 g/mol. The molecule has 2 amide bonds. The third kappa shape index (κ3) is 6.70. The van der Waals surface area contributed by atoms with Crippen LogP contribution in [-0.4, -0.2) is 71.4 Å². The average molecular weight is 564 g/mol. The predicted molar refractivity (Wildman–Crippen MR) is 153 cm³/mol. The molecule has 2 fully saturated rings.